The van der Waals surface area contributed by atoms with Gasteiger partial charge in [0, 0.05) is 11.1 Å². The summed E-state index contributed by atoms with van der Waals surface area (Å²) in [6.07, 6.45) is 2.76. The van der Waals surface area contributed by atoms with Gasteiger partial charge in [0.25, 0.3) is 5.91 Å². The van der Waals surface area contributed by atoms with Crippen LogP contribution in [-0.4, -0.2) is 21.2 Å². The van der Waals surface area contributed by atoms with Gasteiger partial charge in [0.1, 0.15) is 0 Å². The second-order valence-electron chi connectivity index (χ2n) is 3.85. The Kier molecular flexibility index (Phi) is 1.96. The van der Waals surface area contributed by atoms with Crippen LogP contribution in [0.3, 0.4) is 0 Å². The SMILES string of the molecule is O=C1NC(O)(c2ccccc2)c2cnncc21. The van der Waals surface area contributed by atoms with Gasteiger partial charge in [0.05, 0.1) is 18.0 Å². The third kappa shape index (κ3) is 1.33. The van der Waals surface area contributed by atoms with Crippen molar-refractivity contribution >= 4 is 5.91 Å². The van der Waals surface area contributed by atoms with E-state index < -0.39 is 5.72 Å². The Morgan fingerprint density at radius 1 is 1.12 bits per heavy atom. The lowest BCUT2D eigenvalue weighted by atomic mass is 9.97. The van der Waals surface area contributed by atoms with E-state index in [1.807, 2.05) is 6.07 Å². The first-order valence-electron chi connectivity index (χ1n) is 5.13. The first-order valence-corrected chi connectivity index (χ1v) is 5.13. The molecule has 0 bridgehead atoms. The molecular formula is C12H9N3O2. The molecule has 2 N–H and O–H groups in total. The number of aliphatic hydroxyl groups is 1. The summed E-state index contributed by atoms with van der Waals surface area (Å²) in [6.45, 7) is 0. The minimum Gasteiger partial charge on any atom is -0.363 e. The van der Waals surface area contributed by atoms with Gasteiger partial charge < -0.3 is 10.4 Å². The average Bonchev–Trinajstić information content (AvgIpc) is 2.65. The number of benzene rings is 1. The molecule has 2 heterocycles. The van der Waals surface area contributed by atoms with Crippen molar-refractivity contribution in [1.82, 2.24) is 15.5 Å². The van der Waals surface area contributed by atoms with E-state index in [9.17, 15) is 9.90 Å². The summed E-state index contributed by atoms with van der Waals surface area (Å²) in [5, 5.41) is 20.5. The first kappa shape index (κ1) is 9.92. The molecule has 2 aromatic rings. The van der Waals surface area contributed by atoms with Gasteiger partial charge >= 0.3 is 0 Å². The Bertz CT molecular complexity index is 585. The summed E-state index contributed by atoms with van der Waals surface area (Å²) in [7, 11) is 0. The van der Waals surface area contributed by atoms with Crippen molar-refractivity contribution in [2.45, 2.75) is 5.72 Å². The normalized spacial score (nSPS) is 22.1. The summed E-state index contributed by atoms with van der Waals surface area (Å²) >= 11 is 0. The molecule has 0 saturated heterocycles. The molecule has 0 radical (unpaired) electrons. The first-order chi connectivity index (χ1) is 8.22. The number of hydrogen-bond donors (Lipinski definition) is 2. The highest BCUT2D eigenvalue weighted by Gasteiger charge is 2.43. The lowest BCUT2D eigenvalue weighted by Crippen LogP contribution is -2.40. The van der Waals surface area contributed by atoms with Crippen molar-refractivity contribution in [3.05, 3.63) is 59.4 Å². The van der Waals surface area contributed by atoms with Crippen LogP contribution in [0.5, 0.6) is 0 Å². The van der Waals surface area contributed by atoms with Crippen LogP contribution in [0.1, 0.15) is 21.5 Å². The maximum absolute atomic E-state index is 11.7. The van der Waals surface area contributed by atoms with E-state index in [0.717, 1.165) is 0 Å². The molecule has 1 aromatic carbocycles. The van der Waals surface area contributed by atoms with Crippen LogP contribution in [0.15, 0.2) is 42.7 Å². The minimum absolute atomic E-state index is 0.346. The average molecular weight is 227 g/mol. The molecule has 1 aliphatic rings. The number of carbonyl (C=O) groups is 1. The highest BCUT2D eigenvalue weighted by atomic mass is 16.3. The largest absolute Gasteiger partial charge is 0.363 e. The van der Waals surface area contributed by atoms with E-state index in [1.165, 1.54) is 12.4 Å². The Hall–Kier alpha value is -2.27. The zero-order valence-electron chi connectivity index (χ0n) is 8.79. The molecule has 84 valence electrons. The number of amides is 1. The van der Waals surface area contributed by atoms with Crippen molar-refractivity contribution < 1.29 is 9.90 Å². The lowest BCUT2D eigenvalue weighted by Gasteiger charge is -2.23. The zero-order valence-corrected chi connectivity index (χ0v) is 8.79. The molecule has 1 aliphatic heterocycles. The van der Waals surface area contributed by atoms with Crippen molar-refractivity contribution in [3.8, 4) is 0 Å². The van der Waals surface area contributed by atoms with Gasteiger partial charge in [0.15, 0.2) is 5.72 Å². The Balaban J connectivity index is 2.21. The molecule has 3 rings (SSSR count). The Labute approximate surface area is 97.1 Å². The molecular weight excluding hydrogens is 218 g/mol. The number of fused-ring (bicyclic) bond motifs is 1. The fraction of sp³-hybridized carbons (Fsp3) is 0.0833. The summed E-state index contributed by atoms with van der Waals surface area (Å²) in [5.74, 6) is -0.346. The van der Waals surface area contributed by atoms with E-state index in [2.05, 4.69) is 15.5 Å². The van der Waals surface area contributed by atoms with Gasteiger partial charge in [-0.3, -0.25) is 4.79 Å². The topological polar surface area (TPSA) is 75.1 Å². The molecule has 1 atom stereocenters. The Morgan fingerprint density at radius 2 is 1.82 bits per heavy atom. The van der Waals surface area contributed by atoms with Crippen LogP contribution in [-0.2, 0) is 5.72 Å². The summed E-state index contributed by atoms with van der Waals surface area (Å²) in [6, 6.07) is 8.93. The predicted molar refractivity (Wildman–Crippen MR) is 58.9 cm³/mol. The molecule has 1 aromatic heterocycles. The highest BCUT2D eigenvalue weighted by molar-refractivity contribution is 5.99. The van der Waals surface area contributed by atoms with E-state index in [-0.39, 0.29) is 5.91 Å². The summed E-state index contributed by atoms with van der Waals surface area (Å²) in [5.41, 5.74) is -0.126. The summed E-state index contributed by atoms with van der Waals surface area (Å²) in [4.78, 5) is 11.7. The van der Waals surface area contributed by atoms with Crippen LogP contribution in [0.4, 0.5) is 0 Å². The van der Waals surface area contributed by atoms with Gasteiger partial charge in [-0.05, 0) is 0 Å². The minimum atomic E-state index is -1.51. The monoisotopic (exact) mass is 227 g/mol. The van der Waals surface area contributed by atoms with E-state index >= 15 is 0 Å². The molecule has 0 saturated carbocycles. The van der Waals surface area contributed by atoms with Crippen molar-refractivity contribution in [1.29, 1.82) is 0 Å². The number of carbonyl (C=O) groups excluding carboxylic acids is 1. The van der Waals surface area contributed by atoms with Crippen LogP contribution < -0.4 is 5.32 Å². The highest BCUT2D eigenvalue weighted by Crippen LogP contribution is 2.33. The molecule has 0 aliphatic carbocycles. The number of rotatable bonds is 1. The molecule has 5 heteroatoms. The van der Waals surface area contributed by atoms with Gasteiger partial charge in [-0.2, -0.15) is 10.2 Å². The zero-order chi connectivity index (χ0) is 11.9. The summed E-state index contributed by atoms with van der Waals surface area (Å²) < 4.78 is 0. The fourth-order valence-electron chi connectivity index (χ4n) is 2.00. The van der Waals surface area contributed by atoms with Gasteiger partial charge in [-0.25, -0.2) is 0 Å². The lowest BCUT2D eigenvalue weighted by molar-refractivity contribution is 0.0474. The number of nitrogens with zero attached hydrogens (tertiary/aromatic N) is 2. The molecule has 1 unspecified atom stereocenters. The van der Waals surface area contributed by atoms with Crippen molar-refractivity contribution in [2.75, 3.05) is 0 Å². The quantitative estimate of drug-likeness (QED) is 0.740. The third-order valence-electron chi connectivity index (χ3n) is 2.85. The number of aromatic nitrogens is 2. The van der Waals surface area contributed by atoms with Crippen LogP contribution in [0.2, 0.25) is 0 Å². The second-order valence-corrected chi connectivity index (χ2v) is 3.85. The van der Waals surface area contributed by atoms with Crippen molar-refractivity contribution in [3.63, 3.8) is 0 Å². The fourth-order valence-corrected chi connectivity index (χ4v) is 2.00. The van der Waals surface area contributed by atoms with E-state index in [4.69, 9.17) is 0 Å². The smallest absolute Gasteiger partial charge is 0.256 e. The maximum atomic E-state index is 11.7. The van der Waals surface area contributed by atoms with Crippen LogP contribution >= 0.6 is 0 Å². The van der Waals surface area contributed by atoms with Gasteiger partial charge in [-0.15, -0.1) is 0 Å². The maximum Gasteiger partial charge on any atom is 0.256 e. The standard InChI is InChI=1S/C12H9N3O2/c16-11-9-6-13-14-7-10(9)12(17,15-11)8-4-2-1-3-5-8/h1-7,17H,(H,15,16). The van der Waals surface area contributed by atoms with Crippen molar-refractivity contribution in [2.24, 2.45) is 0 Å². The van der Waals surface area contributed by atoms with Gasteiger partial charge in [0.2, 0.25) is 0 Å². The number of hydrogen-bond acceptors (Lipinski definition) is 4. The number of nitrogens with one attached hydrogen (secondary N) is 1. The Morgan fingerprint density at radius 3 is 2.59 bits per heavy atom. The molecule has 5 nitrogen and oxygen atoms in total. The second kappa shape index (κ2) is 3.36. The molecule has 17 heavy (non-hydrogen) atoms. The van der Waals surface area contributed by atoms with E-state index in [0.29, 0.717) is 16.7 Å². The van der Waals surface area contributed by atoms with Crippen LogP contribution in [0, 0.1) is 0 Å². The molecule has 0 spiro atoms. The van der Waals surface area contributed by atoms with Crippen LogP contribution in [0.25, 0.3) is 0 Å². The molecule has 1 amide bonds. The van der Waals surface area contributed by atoms with E-state index in [1.54, 1.807) is 24.3 Å². The predicted octanol–water partition coefficient (Wildman–Crippen LogP) is 0.413. The molecule has 0 fully saturated rings. The third-order valence-corrected chi connectivity index (χ3v) is 2.85. The van der Waals surface area contributed by atoms with Gasteiger partial charge in [-0.1, -0.05) is 30.3 Å².